The molecule has 0 saturated carbocycles. The molecule has 0 aliphatic carbocycles. The molecule has 1 aromatic carbocycles. The maximum Gasteiger partial charge on any atom is 0.182 e. The summed E-state index contributed by atoms with van der Waals surface area (Å²) in [5.74, 6) is 1.18. The summed E-state index contributed by atoms with van der Waals surface area (Å²) >= 11 is 0. The van der Waals surface area contributed by atoms with Crippen molar-refractivity contribution in [1.82, 2.24) is 0 Å². The van der Waals surface area contributed by atoms with Crippen LogP contribution >= 0.6 is 0 Å². The first-order chi connectivity index (χ1) is 6.72. The molecule has 0 fully saturated rings. The van der Waals surface area contributed by atoms with Gasteiger partial charge in [-0.3, -0.25) is 4.79 Å². The Morgan fingerprint density at radius 3 is 2.79 bits per heavy atom. The number of hydrogen-bond acceptors (Lipinski definition) is 2. The molecule has 0 N–H and O–H groups in total. The van der Waals surface area contributed by atoms with Crippen molar-refractivity contribution < 1.29 is 4.74 Å². The predicted molar refractivity (Wildman–Crippen MR) is 57.7 cm³/mol. The van der Waals surface area contributed by atoms with Crippen LogP contribution in [-0.2, 0) is 0 Å². The van der Waals surface area contributed by atoms with Crippen LogP contribution < -0.4 is 10.2 Å². The largest absolute Gasteiger partial charge is 0.493 e. The molecule has 2 heteroatoms. The second-order valence-corrected chi connectivity index (χ2v) is 3.49. The van der Waals surface area contributed by atoms with Crippen molar-refractivity contribution in [3.05, 3.63) is 40.6 Å². The summed E-state index contributed by atoms with van der Waals surface area (Å²) in [4.78, 5) is 11.1. The van der Waals surface area contributed by atoms with Gasteiger partial charge in [0, 0.05) is 6.07 Å². The third-order valence-corrected chi connectivity index (χ3v) is 2.15. The smallest absolute Gasteiger partial charge is 0.182 e. The van der Waals surface area contributed by atoms with Crippen molar-refractivity contribution in [2.45, 2.75) is 20.3 Å². The van der Waals surface area contributed by atoms with Gasteiger partial charge in [-0.1, -0.05) is 32.4 Å². The summed E-state index contributed by atoms with van der Waals surface area (Å²) in [6.07, 6.45) is 1.09. The van der Waals surface area contributed by atoms with Gasteiger partial charge in [-0.05, 0) is 18.1 Å². The zero-order valence-electron chi connectivity index (χ0n) is 8.69. The molecule has 0 saturated heterocycles. The van der Waals surface area contributed by atoms with Crippen molar-refractivity contribution in [2.75, 3.05) is 6.61 Å². The molecule has 0 aliphatic rings. The Morgan fingerprint density at radius 2 is 2.07 bits per heavy atom. The van der Waals surface area contributed by atoms with Gasteiger partial charge in [-0.25, -0.2) is 0 Å². The average Bonchev–Trinajstić information content (AvgIpc) is 2.39. The molecule has 14 heavy (non-hydrogen) atoms. The highest BCUT2D eigenvalue weighted by molar-refractivity contribution is 5.19. The van der Waals surface area contributed by atoms with Crippen LogP contribution in [0.25, 0.3) is 0 Å². The molecule has 0 unspecified atom stereocenters. The van der Waals surface area contributed by atoms with Gasteiger partial charge < -0.3 is 4.74 Å². The van der Waals surface area contributed by atoms with Gasteiger partial charge >= 0.3 is 0 Å². The van der Waals surface area contributed by atoms with Gasteiger partial charge in [-0.2, -0.15) is 0 Å². The lowest BCUT2D eigenvalue weighted by molar-refractivity contribution is 0.256. The molecule has 2 nitrogen and oxygen atoms in total. The third kappa shape index (κ3) is 3.60. The molecule has 0 bridgehead atoms. The van der Waals surface area contributed by atoms with E-state index in [1.54, 1.807) is 6.07 Å². The fourth-order valence-electron chi connectivity index (χ4n) is 0.983. The zero-order valence-corrected chi connectivity index (χ0v) is 8.69. The quantitative estimate of drug-likeness (QED) is 0.732. The molecule has 0 aliphatic heterocycles. The van der Waals surface area contributed by atoms with E-state index < -0.39 is 0 Å². The van der Waals surface area contributed by atoms with Crippen LogP contribution in [-0.4, -0.2) is 6.61 Å². The van der Waals surface area contributed by atoms with Gasteiger partial charge in [-0.15, -0.1) is 0 Å². The first-order valence-corrected chi connectivity index (χ1v) is 4.95. The van der Waals surface area contributed by atoms with E-state index in [4.69, 9.17) is 4.74 Å². The van der Waals surface area contributed by atoms with Crippen molar-refractivity contribution in [1.29, 1.82) is 0 Å². The SMILES string of the molecule is CC[C@H](C)COc1ccccc(=O)c1. The van der Waals surface area contributed by atoms with Crippen molar-refractivity contribution in [3.63, 3.8) is 0 Å². The Bertz CT molecular complexity index is 333. The summed E-state index contributed by atoms with van der Waals surface area (Å²) in [6.45, 7) is 4.92. The summed E-state index contributed by atoms with van der Waals surface area (Å²) < 4.78 is 5.50. The standard InChI is InChI=1S/C12H16O2/c1-3-10(2)9-14-12-7-5-4-6-11(13)8-12/h4-8,10H,3,9H2,1-2H3/t10-/m0/s1. The minimum atomic E-state index is -0.0193. The Kier molecular flexibility index (Phi) is 4.17. The van der Waals surface area contributed by atoms with E-state index in [2.05, 4.69) is 13.8 Å². The maximum absolute atomic E-state index is 11.1. The summed E-state index contributed by atoms with van der Waals surface area (Å²) in [6, 6.07) is 8.38. The Balaban J connectivity index is 2.64. The highest BCUT2D eigenvalue weighted by Gasteiger charge is 1.99. The van der Waals surface area contributed by atoms with Crippen molar-refractivity contribution in [3.8, 4) is 5.75 Å². The topological polar surface area (TPSA) is 26.3 Å². The Hall–Kier alpha value is -1.31. The summed E-state index contributed by atoms with van der Waals surface area (Å²) in [5, 5.41) is 0. The van der Waals surface area contributed by atoms with E-state index >= 15 is 0 Å². The van der Waals surface area contributed by atoms with Gasteiger partial charge in [0.25, 0.3) is 0 Å². The average molecular weight is 192 g/mol. The summed E-state index contributed by atoms with van der Waals surface area (Å²) in [7, 11) is 0. The van der Waals surface area contributed by atoms with Crippen LogP contribution in [0, 0.1) is 5.92 Å². The molecule has 0 amide bonds. The van der Waals surface area contributed by atoms with Crippen molar-refractivity contribution in [2.24, 2.45) is 5.92 Å². The van der Waals surface area contributed by atoms with Gasteiger partial charge in [0.05, 0.1) is 6.61 Å². The highest BCUT2D eigenvalue weighted by atomic mass is 16.5. The molecule has 76 valence electrons. The summed E-state index contributed by atoms with van der Waals surface area (Å²) in [5.41, 5.74) is -0.0193. The minimum absolute atomic E-state index is 0.0193. The fraction of sp³-hybridized carbons (Fsp3) is 0.417. The van der Waals surface area contributed by atoms with E-state index in [0.717, 1.165) is 6.42 Å². The zero-order chi connectivity index (χ0) is 10.4. The van der Waals surface area contributed by atoms with Gasteiger partial charge in [0.15, 0.2) is 5.43 Å². The van der Waals surface area contributed by atoms with Crippen LogP contribution in [0.1, 0.15) is 20.3 Å². The Labute approximate surface area is 84.5 Å². The van der Waals surface area contributed by atoms with E-state index in [0.29, 0.717) is 18.3 Å². The molecule has 1 aromatic rings. The van der Waals surface area contributed by atoms with Gasteiger partial charge in [0.2, 0.25) is 0 Å². The monoisotopic (exact) mass is 192 g/mol. The molecule has 0 spiro atoms. The maximum atomic E-state index is 11.1. The first kappa shape index (κ1) is 10.8. The molecule has 0 aromatic heterocycles. The number of hydrogen-bond donors (Lipinski definition) is 0. The lowest BCUT2D eigenvalue weighted by Crippen LogP contribution is -2.07. The van der Waals surface area contributed by atoms with Crippen LogP contribution in [0.15, 0.2) is 35.1 Å². The number of rotatable bonds is 4. The van der Waals surface area contributed by atoms with E-state index in [1.165, 1.54) is 12.1 Å². The molecule has 1 atom stereocenters. The second-order valence-electron chi connectivity index (χ2n) is 3.49. The van der Waals surface area contributed by atoms with Crippen LogP contribution in [0.5, 0.6) is 5.75 Å². The Morgan fingerprint density at radius 1 is 1.36 bits per heavy atom. The lowest BCUT2D eigenvalue weighted by Gasteiger charge is -2.09. The molecular weight excluding hydrogens is 176 g/mol. The van der Waals surface area contributed by atoms with E-state index in [1.807, 2.05) is 12.1 Å². The lowest BCUT2D eigenvalue weighted by atomic mass is 10.1. The van der Waals surface area contributed by atoms with Gasteiger partial charge in [0.1, 0.15) is 5.75 Å². The molecule has 0 heterocycles. The van der Waals surface area contributed by atoms with Crippen molar-refractivity contribution >= 4 is 0 Å². The van der Waals surface area contributed by atoms with E-state index in [9.17, 15) is 4.79 Å². The van der Waals surface area contributed by atoms with Crippen LogP contribution in [0.3, 0.4) is 0 Å². The molecular formula is C12H16O2. The predicted octanol–water partition coefficient (Wildman–Crippen LogP) is 2.47. The van der Waals surface area contributed by atoms with Crippen LogP contribution in [0.4, 0.5) is 0 Å². The normalized spacial score (nSPS) is 12.1. The minimum Gasteiger partial charge on any atom is -0.493 e. The molecule has 0 radical (unpaired) electrons. The first-order valence-electron chi connectivity index (χ1n) is 4.95. The van der Waals surface area contributed by atoms with E-state index in [-0.39, 0.29) is 5.43 Å². The fourth-order valence-corrected chi connectivity index (χ4v) is 0.983. The number of ether oxygens (including phenoxy) is 1. The second kappa shape index (κ2) is 5.43. The van der Waals surface area contributed by atoms with Crippen LogP contribution in [0.2, 0.25) is 0 Å². The third-order valence-electron chi connectivity index (χ3n) is 2.15. The molecule has 1 rings (SSSR count). The highest BCUT2D eigenvalue weighted by Crippen LogP contribution is 2.08.